The van der Waals surface area contributed by atoms with E-state index in [1.807, 2.05) is 11.8 Å². The number of aliphatic hydroxyl groups is 1. The number of aliphatic hydroxyl groups excluding tert-OH is 1. The Balaban J connectivity index is 1.93. The zero-order chi connectivity index (χ0) is 16.1. The summed E-state index contributed by atoms with van der Waals surface area (Å²) in [6.45, 7) is 3.86. The van der Waals surface area contributed by atoms with Gasteiger partial charge in [0.1, 0.15) is 5.82 Å². The molecule has 1 aromatic carbocycles. The minimum atomic E-state index is -2.33. The monoisotopic (exact) mass is 316 g/mol. The second-order valence-electron chi connectivity index (χ2n) is 5.74. The topological polar surface area (TPSA) is 26.7 Å². The number of β-amino-alcohol motifs (C(OH)–C–C–N with tert-alkyl or cyclic N) is 1. The molecule has 0 bridgehead atoms. The van der Waals surface area contributed by atoms with Crippen LogP contribution in [-0.2, 0) is 0 Å². The molecule has 0 saturated carbocycles. The Morgan fingerprint density at radius 2 is 1.95 bits per heavy atom. The summed E-state index contributed by atoms with van der Waals surface area (Å²) in [5, 5.41) is 10.2. The van der Waals surface area contributed by atoms with Crippen LogP contribution in [0.2, 0.25) is 0 Å². The molecule has 3 nitrogen and oxygen atoms in total. The number of alkyl halides is 2. The molecule has 1 heterocycles. The second-order valence-corrected chi connectivity index (χ2v) is 5.74. The number of halogens is 3. The lowest BCUT2D eigenvalue weighted by Crippen LogP contribution is -2.54. The van der Waals surface area contributed by atoms with E-state index in [1.54, 1.807) is 23.1 Å². The van der Waals surface area contributed by atoms with Gasteiger partial charge in [0.2, 0.25) is 0 Å². The molecule has 2 rings (SSSR count). The summed E-state index contributed by atoms with van der Waals surface area (Å²) in [4.78, 5) is 3.82. The van der Waals surface area contributed by atoms with Crippen LogP contribution in [0.4, 0.5) is 13.2 Å². The van der Waals surface area contributed by atoms with Crippen LogP contribution in [0.1, 0.15) is 25.0 Å². The van der Waals surface area contributed by atoms with Gasteiger partial charge >= 0.3 is 0 Å². The molecule has 0 aromatic heterocycles. The zero-order valence-corrected chi connectivity index (χ0v) is 12.8. The number of rotatable bonds is 6. The summed E-state index contributed by atoms with van der Waals surface area (Å²) in [7, 11) is 0. The van der Waals surface area contributed by atoms with Gasteiger partial charge in [0.25, 0.3) is 6.43 Å². The Kier molecular flexibility index (Phi) is 6.23. The maximum Gasteiger partial charge on any atom is 0.251 e. The summed E-state index contributed by atoms with van der Waals surface area (Å²) >= 11 is 0. The van der Waals surface area contributed by atoms with Crippen LogP contribution in [0.25, 0.3) is 0 Å². The lowest BCUT2D eigenvalue weighted by molar-refractivity contribution is 0.00445. The molecule has 0 amide bonds. The van der Waals surface area contributed by atoms with E-state index in [0.29, 0.717) is 26.2 Å². The maximum absolute atomic E-state index is 13.7. The lowest BCUT2D eigenvalue weighted by Gasteiger charge is -2.41. The first-order chi connectivity index (χ1) is 10.5. The molecular weight excluding hydrogens is 293 g/mol. The third-order valence-electron chi connectivity index (χ3n) is 4.23. The molecule has 2 atom stereocenters. The van der Waals surface area contributed by atoms with Crippen LogP contribution in [0.15, 0.2) is 24.3 Å². The molecule has 1 fully saturated rings. The zero-order valence-electron chi connectivity index (χ0n) is 12.8. The number of nitrogens with zero attached hydrogens (tertiary/aromatic N) is 2. The highest BCUT2D eigenvalue weighted by atomic mass is 19.3. The standard InChI is InChI=1S/C16H23F3N2O/c1-2-12-9-20(7-8-21(12)11-16(18)19)10-15(22)13-5-3-4-6-14(13)17/h3-6,12,15-16,22H,2,7-11H2,1H3. The summed E-state index contributed by atoms with van der Waals surface area (Å²) in [5.74, 6) is -0.418. The number of hydrogen-bond acceptors (Lipinski definition) is 3. The van der Waals surface area contributed by atoms with Crippen LogP contribution in [-0.4, -0.2) is 60.1 Å². The van der Waals surface area contributed by atoms with E-state index in [9.17, 15) is 18.3 Å². The molecule has 0 radical (unpaired) electrons. The van der Waals surface area contributed by atoms with Crippen LogP contribution < -0.4 is 0 Å². The van der Waals surface area contributed by atoms with Gasteiger partial charge in [-0.15, -0.1) is 0 Å². The van der Waals surface area contributed by atoms with E-state index in [1.165, 1.54) is 6.07 Å². The summed E-state index contributed by atoms with van der Waals surface area (Å²) in [6.07, 6.45) is -2.45. The highest BCUT2D eigenvalue weighted by Gasteiger charge is 2.29. The molecule has 6 heteroatoms. The van der Waals surface area contributed by atoms with Crippen LogP contribution in [0.3, 0.4) is 0 Å². The third-order valence-corrected chi connectivity index (χ3v) is 4.23. The highest BCUT2D eigenvalue weighted by Crippen LogP contribution is 2.21. The lowest BCUT2D eigenvalue weighted by atomic mass is 10.1. The predicted octanol–water partition coefficient (Wildman–Crippen LogP) is 2.52. The van der Waals surface area contributed by atoms with E-state index in [0.717, 1.165) is 6.42 Å². The summed E-state index contributed by atoms with van der Waals surface area (Å²) < 4.78 is 38.8. The largest absolute Gasteiger partial charge is 0.387 e. The van der Waals surface area contributed by atoms with Crippen LogP contribution in [0.5, 0.6) is 0 Å². The van der Waals surface area contributed by atoms with Crippen molar-refractivity contribution in [2.45, 2.75) is 31.9 Å². The fourth-order valence-electron chi connectivity index (χ4n) is 3.02. The van der Waals surface area contributed by atoms with Gasteiger partial charge in [-0.1, -0.05) is 25.1 Å². The van der Waals surface area contributed by atoms with Crippen molar-refractivity contribution in [2.24, 2.45) is 0 Å². The van der Waals surface area contributed by atoms with Crippen molar-refractivity contribution in [3.8, 4) is 0 Å². The molecule has 1 N–H and O–H groups in total. The summed E-state index contributed by atoms with van der Waals surface area (Å²) in [6, 6.07) is 6.23. The normalized spacial score (nSPS) is 22.2. The van der Waals surface area contributed by atoms with Crippen molar-refractivity contribution in [1.29, 1.82) is 0 Å². The molecular formula is C16H23F3N2O. The van der Waals surface area contributed by atoms with E-state index in [-0.39, 0.29) is 18.2 Å². The van der Waals surface area contributed by atoms with Crippen molar-refractivity contribution in [3.05, 3.63) is 35.6 Å². The van der Waals surface area contributed by atoms with Crippen molar-refractivity contribution in [1.82, 2.24) is 9.80 Å². The van der Waals surface area contributed by atoms with Gasteiger partial charge < -0.3 is 5.11 Å². The van der Waals surface area contributed by atoms with Gasteiger partial charge in [0.15, 0.2) is 0 Å². The molecule has 1 aliphatic heterocycles. The Morgan fingerprint density at radius 1 is 1.23 bits per heavy atom. The minimum Gasteiger partial charge on any atom is -0.387 e. The SMILES string of the molecule is CCC1CN(CC(O)c2ccccc2F)CCN1CC(F)F. The maximum atomic E-state index is 13.7. The van der Waals surface area contributed by atoms with E-state index in [2.05, 4.69) is 0 Å². The first-order valence-corrected chi connectivity index (χ1v) is 7.68. The average Bonchev–Trinajstić information content (AvgIpc) is 2.48. The van der Waals surface area contributed by atoms with Gasteiger partial charge in [0.05, 0.1) is 12.6 Å². The Bertz CT molecular complexity index is 472. The molecule has 0 spiro atoms. The van der Waals surface area contributed by atoms with Gasteiger partial charge in [-0.25, -0.2) is 13.2 Å². The Morgan fingerprint density at radius 3 is 2.59 bits per heavy atom. The number of piperazine rings is 1. The molecule has 0 aliphatic carbocycles. The molecule has 1 aromatic rings. The molecule has 22 heavy (non-hydrogen) atoms. The fourth-order valence-corrected chi connectivity index (χ4v) is 3.02. The molecule has 1 aliphatic rings. The van der Waals surface area contributed by atoms with Crippen LogP contribution >= 0.6 is 0 Å². The first-order valence-electron chi connectivity index (χ1n) is 7.68. The Labute approximate surface area is 129 Å². The molecule has 124 valence electrons. The van der Waals surface area contributed by atoms with Gasteiger partial charge in [0, 0.05) is 37.8 Å². The number of benzene rings is 1. The van der Waals surface area contributed by atoms with Crippen LogP contribution in [0, 0.1) is 5.82 Å². The highest BCUT2D eigenvalue weighted by molar-refractivity contribution is 5.20. The second kappa shape index (κ2) is 7.94. The quantitative estimate of drug-likeness (QED) is 0.874. The van der Waals surface area contributed by atoms with E-state index in [4.69, 9.17) is 0 Å². The number of hydrogen-bond donors (Lipinski definition) is 1. The third kappa shape index (κ3) is 4.44. The van der Waals surface area contributed by atoms with Crippen molar-refractivity contribution in [2.75, 3.05) is 32.7 Å². The smallest absolute Gasteiger partial charge is 0.251 e. The van der Waals surface area contributed by atoms with Gasteiger partial charge in [-0.05, 0) is 12.5 Å². The minimum absolute atomic E-state index is 0.0515. The average molecular weight is 316 g/mol. The van der Waals surface area contributed by atoms with Gasteiger partial charge in [-0.3, -0.25) is 9.80 Å². The fraction of sp³-hybridized carbons (Fsp3) is 0.625. The van der Waals surface area contributed by atoms with Crippen molar-refractivity contribution >= 4 is 0 Å². The van der Waals surface area contributed by atoms with Gasteiger partial charge in [-0.2, -0.15) is 0 Å². The Hall–Kier alpha value is -1.11. The van der Waals surface area contributed by atoms with Crippen molar-refractivity contribution in [3.63, 3.8) is 0 Å². The van der Waals surface area contributed by atoms with E-state index >= 15 is 0 Å². The predicted molar refractivity (Wildman–Crippen MR) is 79.5 cm³/mol. The molecule has 1 saturated heterocycles. The van der Waals surface area contributed by atoms with E-state index < -0.39 is 18.3 Å². The first kappa shape index (κ1) is 17.2. The van der Waals surface area contributed by atoms with Crippen molar-refractivity contribution < 1.29 is 18.3 Å². The summed E-state index contributed by atoms with van der Waals surface area (Å²) in [5.41, 5.74) is 0.283. The molecule has 2 unspecified atom stereocenters.